The van der Waals surface area contributed by atoms with Gasteiger partial charge in [-0.15, -0.1) is 0 Å². The molecule has 0 aromatic carbocycles. The second kappa shape index (κ2) is 6.56. The number of piperidine rings is 1. The van der Waals surface area contributed by atoms with E-state index in [0.29, 0.717) is 37.7 Å². The van der Waals surface area contributed by atoms with E-state index in [2.05, 4.69) is 5.32 Å². The maximum Gasteiger partial charge on any atom is 0.289 e. The Morgan fingerprint density at radius 1 is 1.50 bits per heavy atom. The Balaban J connectivity index is 1.96. The van der Waals surface area contributed by atoms with Crippen LogP contribution < -0.4 is 11.1 Å². The first kappa shape index (κ1) is 14.6. The molecule has 1 saturated heterocycles. The van der Waals surface area contributed by atoms with E-state index in [1.165, 1.54) is 0 Å². The Labute approximate surface area is 118 Å². The van der Waals surface area contributed by atoms with Crippen LogP contribution in [0.2, 0.25) is 0 Å². The summed E-state index contributed by atoms with van der Waals surface area (Å²) in [7, 11) is 0. The molecule has 0 aliphatic carbocycles. The molecule has 0 radical (unpaired) electrons. The van der Waals surface area contributed by atoms with Crippen molar-refractivity contribution >= 4 is 11.8 Å². The highest BCUT2D eigenvalue weighted by molar-refractivity contribution is 5.92. The third kappa shape index (κ3) is 3.39. The van der Waals surface area contributed by atoms with Gasteiger partial charge in [-0.25, -0.2) is 0 Å². The third-order valence-corrected chi connectivity index (χ3v) is 3.47. The summed E-state index contributed by atoms with van der Waals surface area (Å²) in [6.45, 7) is 3.80. The molecule has 3 N–H and O–H groups in total. The second-order valence-electron chi connectivity index (χ2n) is 5.08. The van der Waals surface area contributed by atoms with Crippen molar-refractivity contribution in [2.45, 2.75) is 19.8 Å². The second-order valence-corrected chi connectivity index (χ2v) is 5.08. The van der Waals surface area contributed by atoms with E-state index in [1.54, 1.807) is 24.0 Å². The van der Waals surface area contributed by atoms with Gasteiger partial charge in [-0.2, -0.15) is 0 Å². The number of nitrogens with two attached hydrogens (primary N) is 1. The summed E-state index contributed by atoms with van der Waals surface area (Å²) < 4.78 is 5.35. The van der Waals surface area contributed by atoms with Crippen molar-refractivity contribution in [2.24, 2.45) is 11.7 Å². The molecule has 2 heterocycles. The van der Waals surface area contributed by atoms with Crippen LogP contribution in [0.1, 0.15) is 29.2 Å². The number of hydrogen-bond donors (Lipinski definition) is 2. The Kier molecular flexibility index (Phi) is 4.79. The van der Waals surface area contributed by atoms with Crippen molar-refractivity contribution in [1.29, 1.82) is 0 Å². The molecular formula is C14H21N3O3. The number of amides is 2. The average Bonchev–Trinajstić information content (AvgIpc) is 2.90. The zero-order valence-corrected chi connectivity index (χ0v) is 11.7. The van der Waals surface area contributed by atoms with E-state index in [-0.39, 0.29) is 17.7 Å². The number of nitrogens with zero attached hydrogens (tertiary/aromatic N) is 1. The zero-order chi connectivity index (χ0) is 14.5. The van der Waals surface area contributed by atoms with Gasteiger partial charge in [0.2, 0.25) is 5.91 Å². The largest absolute Gasteiger partial charge is 0.456 e. The van der Waals surface area contributed by atoms with Gasteiger partial charge >= 0.3 is 0 Å². The van der Waals surface area contributed by atoms with Crippen LogP contribution in [0.5, 0.6) is 0 Å². The monoisotopic (exact) mass is 279 g/mol. The molecule has 0 spiro atoms. The molecule has 110 valence electrons. The lowest BCUT2D eigenvalue weighted by Gasteiger charge is -2.31. The van der Waals surface area contributed by atoms with Gasteiger partial charge in [0.1, 0.15) is 5.76 Å². The number of likely N-dealkylation sites (tertiary alicyclic amines) is 1. The molecule has 6 nitrogen and oxygen atoms in total. The fourth-order valence-corrected chi connectivity index (χ4v) is 2.42. The van der Waals surface area contributed by atoms with Crippen LogP contribution in [-0.4, -0.2) is 42.9 Å². The molecule has 1 unspecified atom stereocenters. The smallest absolute Gasteiger partial charge is 0.289 e. The SMILES string of the molecule is Cc1ccc(C(=O)N2CCCC(C(=O)NCCN)C2)o1. The third-order valence-electron chi connectivity index (χ3n) is 3.47. The molecule has 2 amide bonds. The number of hydrogen-bond acceptors (Lipinski definition) is 4. The minimum absolute atomic E-state index is 0.0245. The molecule has 1 aliphatic heterocycles. The number of furan rings is 1. The van der Waals surface area contributed by atoms with Gasteiger partial charge in [-0.3, -0.25) is 9.59 Å². The number of carbonyl (C=O) groups excluding carboxylic acids is 2. The highest BCUT2D eigenvalue weighted by Gasteiger charge is 2.29. The maximum atomic E-state index is 12.3. The Bertz CT molecular complexity index is 484. The number of rotatable bonds is 4. The van der Waals surface area contributed by atoms with E-state index >= 15 is 0 Å². The normalized spacial score (nSPS) is 18.9. The van der Waals surface area contributed by atoms with Gasteiger partial charge in [0, 0.05) is 26.2 Å². The topological polar surface area (TPSA) is 88.6 Å². The van der Waals surface area contributed by atoms with E-state index in [1.807, 2.05) is 0 Å². The molecule has 6 heteroatoms. The minimum atomic E-state index is -0.157. The van der Waals surface area contributed by atoms with Gasteiger partial charge in [0.25, 0.3) is 5.91 Å². The summed E-state index contributed by atoms with van der Waals surface area (Å²) in [5.41, 5.74) is 5.37. The van der Waals surface area contributed by atoms with Crippen molar-refractivity contribution in [3.8, 4) is 0 Å². The predicted molar refractivity (Wildman–Crippen MR) is 74.1 cm³/mol. The lowest BCUT2D eigenvalue weighted by atomic mass is 9.97. The fourth-order valence-electron chi connectivity index (χ4n) is 2.42. The molecule has 1 atom stereocenters. The van der Waals surface area contributed by atoms with Crippen molar-refractivity contribution < 1.29 is 14.0 Å². The zero-order valence-electron chi connectivity index (χ0n) is 11.7. The van der Waals surface area contributed by atoms with E-state index in [9.17, 15) is 9.59 Å². The van der Waals surface area contributed by atoms with Crippen LogP contribution >= 0.6 is 0 Å². The number of aryl methyl sites for hydroxylation is 1. The summed E-state index contributed by atoms with van der Waals surface area (Å²) in [6.07, 6.45) is 1.63. The first-order valence-electron chi connectivity index (χ1n) is 6.95. The quantitative estimate of drug-likeness (QED) is 0.840. The number of nitrogens with one attached hydrogen (secondary N) is 1. The minimum Gasteiger partial charge on any atom is -0.456 e. The van der Waals surface area contributed by atoms with Gasteiger partial charge in [-0.05, 0) is 31.9 Å². The van der Waals surface area contributed by atoms with Gasteiger partial charge in [0.05, 0.1) is 5.92 Å². The van der Waals surface area contributed by atoms with E-state index < -0.39 is 0 Å². The highest BCUT2D eigenvalue weighted by Crippen LogP contribution is 2.19. The van der Waals surface area contributed by atoms with Crippen molar-refractivity contribution in [2.75, 3.05) is 26.2 Å². The Hall–Kier alpha value is -1.82. The van der Waals surface area contributed by atoms with Crippen molar-refractivity contribution in [3.05, 3.63) is 23.7 Å². The molecule has 1 fully saturated rings. The molecule has 1 aliphatic rings. The summed E-state index contributed by atoms with van der Waals surface area (Å²) in [6, 6.07) is 3.44. The highest BCUT2D eigenvalue weighted by atomic mass is 16.3. The van der Waals surface area contributed by atoms with E-state index in [4.69, 9.17) is 10.2 Å². The molecule has 1 aromatic rings. The molecule has 0 saturated carbocycles. The summed E-state index contributed by atoms with van der Waals surface area (Å²) in [5.74, 6) is 0.724. The number of carbonyl (C=O) groups is 2. The van der Waals surface area contributed by atoms with Gasteiger partial charge < -0.3 is 20.4 Å². The standard InChI is InChI=1S/C14H21N3O3/c1-10-4-5-12(20-10)14(19)17-8-2-3-11(9-17)13(18)16-7-6-15/h4-5,11H,2-3,6-9,15H2,1H3,(H,16,18). The Morgan fingerprint density at radius 2 is 2.30 bits per heavy atom. The molecule has 2 rings (SSSR count). The average molecular weight is 279 g/mol. The Morgan fingerprint density at radius 3 is 2.95 bits per heavy atom. The molecular weight excluding hydrogens is 258 g/mol. The van der Waals surface area contributed by atoms with Gasteiger partial charge in [0.15, 0.2) is 5.76 Å². The fraction of sp³-hybridized carbons (Fsp3) is 0.571. The van der Waals surface area contributed by atoms with Crippen LogP contribution in [0, 0.1) is 12.8 Å². The summed E-state index contributed by atoms with van der Waals surface area (Å²) in [5, 5.41) is 2.78. The van der Waals surface area contributed by atoms with Crippen LogP contribution in [0.15, 0.2) is 16.5 Å². The lowest BCUT2D eigenvalue weighted by molar-refractivity contribution is -0.126. The van der Waals surface area contributed by atoms with Gasteiger partial charge in [-0.1, -0.05) is 0 Å². The van der Waals surface area contributed by atoms with Crippen LogP contribution in [0.4, 0.5) is 0 Å². The summed E-state index contributed by atoms with van der Waals surface area (Å²) >= 11 is 0. The van der Waals surface area contributed by atoms with Crippen molar-refractivity contribution in [1.82, 2.24) is 10.2 Å². The van der Waals surface area contributed by atoms with Crippen molar-refractivity contribution in [3.63, 3.8) is 0 Å². The molecule has 0 bridgehead atoms. The van der Waals surface area contributed by atoms with Crippen LogP contribution in [-0.2, 0) is 4.79 Å². The molecule has 20 heavy (non-hydrogen) atoms. The maximum absolute atomic E-state index is 12.3. The van der Waals surface area contributed by atoms with Crippen LogP contribution in [0.3, 0.4) is 0 Å². The lowest BCUT2D eigenvalue weighted by Crippen LogP contribution is -2.46. The predicted octanol–water partition coefficient (Wildman–Crippen LogP) is 0.515. The first-order valence-corrected chi connectivity index (χ1v) is 6.95. The molecule has 1 aromatic heterocycles. The van der Waals surface area contributed by atoms with E-state index in [0.717, 1.165) is 12.8 Å². The summed E-state index contributed by atoms with van der Waals surface area (Å²) in [4.78, 5) is 25.9. The first-order chi connectivity index (χ1) is 9.61. The van der Waals surface area contributed by atoms with Crippen LogP contribution in [0.25, 0.3) is 0 Å².